The fourth-order valence-corrected chi connectivity index (χ4v) is 5.25. The summed E-state index contributed by atoms with van der Waals surface area (Å²) >= 11 is 9.66. The van der Waals surface area contributed by atoms with Gasteiger partial charge in [0.2, 0.25) is 5.91 Å². The molecule has 2 amide bonds. The Balaban J connectivity index is 1.61. The topological polar surface area (TPSA) is 58.6 Å². The summed E-state index contributed by atoms with van der Waals surface area (Å²) in [6, 6.07) is 22.4. The fraction of sp³-hybridized carbons (Fsp3) is 0.333. The van der Waals surface area contributed by atoms with Gasteiger partial charge in [0.15, 0.2) is 6.61 Å². The minimum Gasteiger partial charge on any atom is -0.484 e. The molecule has 1 atom stereocenters. The maximum absolute atomic E-state index is 13.7. The molecule has 5 nitrogen and oxygen atoms in total. The molecule has 194 valence electrons. The Labute approximate surface area is 232 Å². The van der Waals surface area contributed by atoms with Gasteiger partial charge in [-0.1, -0.05) is 82.8 Å². The van der Waals surface area contributed by atoms with E-state index in [2.05, 4.69) is 21.2 Å². The number of halogens is 2. The molecule has 7 heteroatoms. The van der Waals surface area contributed by atoms with Crippen LogP contribution in [0.5, 0.6) is 5.75 Å². The van der Waals surface area contributed by atoms with Crippen molar-refractivity contribution in [3.05, 3.63) is 99.0 Å². The molecule has 1 aliphatic carbocycles. The van der Waals surface area contributed by atoms with Gasteiger partial charge >= 0.3 is 0 Å². The fourth-order valence-electron chi connectivity index (χ4n) is 4.69. The number of ether oxygens (including phenoxy) is 1. The predicted molar refractivity (Wildman–Crippen MR) is 151 cm³/mol. The van der Waals surface area contributed by atoms with E-state index in [-0.39, 0.29) is 31.0 Å². The third-order valence-corrected chi connectivity index (χ3v) is 7.62. The number of carbonyl (C=O) groups is 2. The first kappa shape index (κ1) is 27.2. The molecule has 1 fully saturated rings. The van der Waals surface area contributed by atoms with Crippen LogP contribution in [0, 0.1) is 6.92 Å². The average molecular weight is 584 g/mol. The van der Waals surface area contributed by atoms with E-state index in [9.17, 15) is 9.59 Å². The molecule has 1 saturated carbocycles. The van der Waals surface area contributed by atoms with Crippen LogP contribution in [-0.4, -0.2) is 35.4 Å². The molecular formula is C30H32BrClN2O3. The van der Waals surface area contributed by atoms with Crippen LogP contribution in [0.4, 0.5) is 0 Å². The molecule has 0 aliphatic heterocycles. The maximum atomic E-state index is 13.7. The molecule has 3 aromatic carbocycles. The van der Waals surface area contributed by atoms with Crippen LogP contribution in [-0.2, 0) is 22.6 Å². The molecular weight excluding hydrogens is 552 g/mol. The van der Waals surface area contributed by atoms with Crippen molar-refractivity contribution in [2.75, 3.05) is 6.61 Å². The standard InChI is InChI=1S/C30H32BrClN2O3/c1-21-16-26(14-15-27(21)32)37-20-29(35)34(19-23-10-7-11-24(31)17-23)28(18-22-8-3-2-4-9-22)30(36)33-25-12-5-6-13-25/h2-4,7-11,14-17,25,28H,5-6,12-13,18-20H2,1H3,(H,33,36). The number of carbonyl (C=O) groups excluding carboxylic acids is 2. The number of benzene rings is 3. The first-order chi connectivity index (χ1) is 17.9. The molecule has 0 aromatic heterocycles. The smallest absolute Gasteiger partial charge is 0.261 e. The predicted octanol–water partition coefficient (Wildman–Crippen LogP) is 6.49. The first-order valence-corrected chi connectivity index (χ1v) is 13.8. The van der Waals surface area contributed by atoms with Crippen molar-refractivity contribution in [3.8, 4) is 5.75 Å². The number of hydrogen-bond donors (Lipinski definition) is 1. The molecule has 3 aromatic rings. The lowest BCUT2D eigenvalue weighted by molar-refractivity contribution is -0.143. The van der Waals surface area contributed by atoms with Gasteiger partial charge in [-0.05, 0) is 66.8 Å². The Morgan fingerprint density at radius 3 is 2.46 bits per heavy atom. The summed E-state index contributed by atoms with van der Waals surface area (Å²) in [4.78, 5) is 29.1. The van der Waals surface area contributed by atoms with E-state index in [1.54, 1.807) is 17.0 Å². The second kappa shape index (κ2) is 13.1. The number of hydrogen-bond acceptors (Lipinski definition) is 3. The summed E-state index contributed by atoms with van der Waals surface area (Å²) in [7, 11) is 0. The summed E-state index contributed by atoms with van der Waals surface area (Å²) in [6.45, 7) is 1.99. The van der Waals surface area contributed by atoms with Crippen LogP contribution in [0.15, 0.2) is 77.3 Å². The lowest BCUT2D eigenvalue weighted by atomic mass is 10.0. The van der Waals surface area contributed by atoms with Crippen LogP contribution >= 0.6 is 27.5 Å². The zero-order valence-electron chi connectivity index (χ0n) is 21.0. The van der Waals surface area contributed by atoms with Crippen LogP contribution in [0.1, 0.15) is 42.4 Å². The van der Waals surface area contributed by atoms with Gasteiger partial charge in [-0.25, -0.2) is 0 Å². The molecule has 4 rings (SSSR count). The summed E-state index contributed by atoms with van der Waals surface area (Å²) < 4.78 is 6.79. The highest BCUT2D eigenvalue weighted by Crippen LogP contribution is 2.23. The Kier molecular flexibility index (Phi) is 9.64. The summed E-state index contributed by atoms with van der Waals surface area (Å²) in [5.74, 6) is 0.184. The Bertz CT molecular complexity index is 1210. The number of nitrogens with zero attached hydrogens (tertiary/aromatic N) is 1. The zero-order valence-corrected chi connectivity index (χ0v) is 23.3. The molecule has 37 heavy (non-hydrogen) atoms. The van der Waals surface area contributed by atoms with E-state index in [1.807, 2.05) is 67.6 Å². The monoisotopic (exact) mass is 582 g/mol. The van der Waals surface area contributed by atoms with Crippen molar-refractivity contribution >= 4 is 39.3 Å². The van der Waals surface area contributed by atoms with Gasteiger partial charge in [-0.3, -0.25) is 9.59 Å². The second-order valence-electron chi connectivity index (χ2n) is 9.55. The van der Waals surface area contributed by atoms with Crippen molar-refractivity contribution in [3.63, 3.8) is 0 Å². The van der Waals surface area contributed by atoms with Crippen molar-refractivity contribution in [2.45, 2.75) is 57.7 Å². The van der Waals surface area contributed by atoms with Gasteiger partial charge in [-0.15, -0.1) is 0 Å². The minimum absolute atomic E-state index is 0.124. The maximum Gasteiger partial charge on any atom is 0.261 e. The largest absolute Gasteiger partial charge is 0.484 e. The van der Waals surface area contributed by atoms with E-state index in [1.165, 1.54) is 0 Å². The minimum atomic E-state index is -0.676. The number of nitrogens with one attached hydrogen (secondary N) is 1. The Hall–Kier alpha value is -2.83. The van der Waals surface area contributed by atoms with Gasteiger partial charge in [0, 0.05) is 28.5 Å². The van der Waals surface area contributed by atoms with Gasteiger partial charge in [-0.2, -0.15) is 0 Å². The van der Waals surface area contributed by atoms with Gasteiger partial charge in [0.25, 0.3) is 5.91 Å². The van der Waals surface area contributed by atoms with Crippen molar-refractivity contribution in [1.82, 2.24) is 10.2 Å². The zero-order chi connectivity index (χ0) is 26.2. The second-order valence-corrected chi connectivity index (χ2v) is 10.9. The molecule has 0 saturated heterocycles. The Morgan fingerprint density at radius 1 is 1.03 bits per heavy atom. The van der Waals surface area contributed by atoms with Crippen LogP contribution in [0.2, 0.25) is 5.02 Å². The van der Waals surface area contributed by atoms with Crippen LogP contribution in [0.25, 0.3) is 0 Å². The molecule has 1 unspecified atom stereocenters. The third kappa shape index (κ3) is 7.83. The van der Waals surface area contributed by atoms with Crippen molar-refractivity contribution < 1.29 is 14.3 Å². The Morgan fingerprint density at radius 2 is 1.76 bits per heavy atom. The number of amides is 2. The quantitative estimate of drug-likeness (QED) is 0.297. The molecule has 0 radical (unpaired) electrons. The molecule has 0 bridgehead atoms. The van der Waals surface area contributed by atoms with E-state index in [0.717, 1.165) is 46.8 Å². The summed E-state index contributed by atoms with van der Waals surface area (Å²) in [6.07, 6.45) is 4.59. The van der Waals surface area contributed by atoms with Gasteiger partial charge in [0.1, 0.15) is 11.8 Å². The van der Waals surface area contributed by atoms with E-state index in [0.29, 0.717) is 17.2 Å². The van der Waals surface area contributed by atoms with Gasteiger partial charge in [0.05, 0.1) is 0 Å². The number of rotatable bonds is 10. The van der Waals surface area contributed by atoms with Gasteiger partial charge < -0.3 is 15.0 Å². The first-order valence-electron chi connectivity index (χ1n) is 12.7. The van der Waals surface area contributed by atoms with E-state index < -0.39 is 6.04 Å². The summed E-state index contributed by atoms with van der Waals surface area (Å²) in [5.41, 5.74) is 2.79. The van der Waals surface area contributed by atoms with Crippen LogP contribution in [0.3, 0.4) is 0 Å². The molecule has 0 spiro atoms. The molecule has 1 N–H and O–H groups in total. The normalized spacial score (nSPS) is 14.2. The summed E-state index contributed by atoms with van der Waals surface area (Å²) in [5, 5.41) is 3.86. The van der Waals surface area contributed by atoms with E-state index >= 15 is 0 Å². The van der Waals surface area contributed by atoms with Crippen molar-refractivity contribution in [1.29, 1.82) is 0 Å². The van der Waals surface area contributed by atoms with Crippen molar-refractivity contribution in [2.24, 2.45) is 0 Å². The average Bonchev–Trinajstić information content (AvgIpc) is 3.40. The third-order valence-electron chi connectivity index (χ3n) is 6.71. The lowest BCUT2D eigenvalue weighted by Crippen LogP contribution is -2.53. The highest BCUT2D eigenvalue weighted by atomic mass is 79.9. The highest BCUT2D eigenvalue weighted by Gasteiger charge is 2.32. The van der Waals surface area contributed by atoms with E-state index in [4.69, 9.17) is 16.3 Å². The van der Waals surface area contributed by atoms with Crippen LogP contribution < -0.4 is 10.1 Å². The SMILES string of the molecule is Cc1cc(OCC(=O)N(Cc2cccc(Br)c2)C(Cc2ccccc2)C(=O)NC2CCCC2)ccc1Cl. The molecule has 1 aliphatic rings. The highest BCUT2D eigenvalue weighted by molar-refractivity contribution is 9.10. The number of aryl methyl sites for hydroxylation is 1. The molecule has 0 heterocycles. The lowest BCUT2D eigenvalue weighted by Gasteiger charge is -2.32.